The van der Waals surface area contributed by atoms with Gasteiger partial charge in [0.1, 0.15) is 10.9 Å². The number of aromatic nitrogens is 1. The Morgan fingerprint density at radius 2 is 2.05 bits per heavy atom. The fraction of sp³-hybridized carbons (Fsp3) is 0.250. The van der Waals surface area contributed by atoms with Gasteiger partial charge in [0.15, 0.2) is 5.12 Å². The van der Waals surface area contributed by atoms with Gasteiger partial charge in [-0.25, -0.2) is 4.98 Å². The molecular weight excluding hydrogens is 327 g/mol. The Labute approximate surface area is 126 Å². The molecule has 2 rings (SSSR count). The summed E-state index contributed by atoms with van der Waals surface area (Å²) >= 11 is 4.47. The van der Waals surface area contributed by atoms with E-state index in [1.807, 2.05) is 0 Å². The lowest BCUT2D eigenvalue weighted by Crippen LogP contribution is -2.13. The van der Waals surface area contributed by atoms with Crippen molar-refractivity contribution in [1.29, 1.82) is 0 Å². The van der Waals surface area contributed by atoms with Gasteiger partial charge in [0.05, 0.1) is 15.8 Å². The van der Waals surface area contributed by atoms with E-state index in [4.69, 9.17) is 5.11 Å². The summed E-state index contributed by atoms with van der Waals surface area (Å²) in [5.41, 5.74) is -0.799. The fourth-order valence-corrected chi connectivity index (χ4v) is 2.95. The Balaban J connectivity index is 2.46. The molecule has 1 aromatic heterocycles. The van der Waals surface area contributed by atoms with E-state index in [9.17, 15) is 22.8 Å². The second-order valence-electron chi connectivity index (χ2n) is 4.22. The molecule has 0 aliphatic rings. The van der Waals surface area contributed by atoms with Gasteiger partial charge in [0, 0.05) is 6.42 Å². The van der Waals surface area contributed by atoms with Crippen LogP contribution in [0.3, 0.4) is 0 Å². The first-order chi connectivity index (χ1) is 9.68. The van der Waals surface area contributed by atoms with E-state index in [-0.39, 0.29) is 16.9 Å². The molecule has 1 heterocycles. The Hall–Kier alpha value is -1.61. The first-order valence-corrected chi connectivity index (χ1v) is 6.87. The molecule has 4 nitrogen and oxygen atoms in total. The standard InChI is InChI=1S/C12H8F3NO3S2/c13-12(14,15)5-1-2-8-7(3-5)16-10(21-8)6(11(18)19)4-9(17)20/h1-3,6H,4H2,(H,17,20)(H,18,19). The molecular formula is C12H8F3NO3S2. The SMILES string of the molecule is O=C(S)CC(C(=O)O)c1nc2cc(C(F)(F)F)ccc2s1. The fourth-order valence-electron chi connectivity index (χ4n) is 1.73. The normalized spacial score (nSPS) is 13.3. The number of nitrogens with zero attached hydrogens (tertiary/aromatic N) is 1. The smallest absolute Gasteiger partial charge is 0.416 e. The van der Waals surface area contributed by atoms with Crippen molar-refractivity contribution in [2.45, 2.75) is 18.5 Å². The van der Waals surface area contributed by atoms with Crippen molar-refractivity contribution >= 4 is 45.3 Å². The molecule has 112 valence electrons. The van der Waals surface area contributed by atoms with Crippen LogP contribution in [-0.2, 0) is 15.8 Å². The van der Waals surface area contributed by atoms with Crippen LogP contribution in [0.15, 0.2) is 18.2 Å². The van der Waals surface area contributed by atoms with Crippen LogP contribution in [-0.4, -0.2) is 21.2 Å². The number of alkyl halides is 3. The van der Waals surface area contributed by atoms with Gasteiger partial charge in [-0.05, 0) is 18.2 Å². The average molecular weight is 335 g/mol. The molecule has 1 atom stereocenters. The van der Waals surface area contributed by atoms with E-state index >= 15 is 0 Å². The van der Waals surface area contributed by atoms with Gasteiger partial charge in [-0.3, -0.25) is 9.59 Å². The van der Waals surface area contributed by atoms with E-state index < -0.39 is 28.7 Å². The summed E-state index contributed by atoms with van der Waals surface area (Å²) in [6.07, 6.45) is -4.87. The first-order valence-electron chi connectivity index (χ1n) is 5.61. The molecule has 1 unspecified atom stereocenters. The summed E-state index contributed by atoms with van der Waals surface area (Å²) in [4.78, 5) is 26.0. The molecule has 0 amide bonds. The van der Waals surface area contributed by atoms with Crippen LogP contribution in [0.5, 0.6) is 0 Å². The molecule has 1 aromatic carbocycles. The number of carboxylic acid groups (broad SMARTS) is 1. The summed E-state index contributed by atoms with van der Waals surface area (Å²) in [6.45, 7) is 0. The molecule has 0 fully saturated rings. The number of carbonyl (C=O) groups is 2. The number of fused-ring (bicyclic) bond motifs is 1. The van der Waals surface area contributed by atoms with Gasteiger partial charge in [-0.1, -0.05) is 0 Å². The molecule has 21 heavy (non-hydrogen) atoms. The maximum atomic E-state index is 12.6. The summed E-state index contributed by atoms with van der Waals surface area (Å²) in [5, 5.41) is 8.54. The number of aliphatic carboxylic acids is 1. The van der Waals surface area contributed by atoms with E-state index in [1.165, 1.54) is 6.07 Å². The van der Waals surface area contributed by atoms with Crippen LogP contribution in [0, 0.1) is 0 Å². The topological polar surface area (TPSA) is 67.3 Å². The number of hydrogen-bond acceptors (Lipinski definition) is 4. The first kappa shape index (κ1) is 15.8. The Morgan fingerprint density at radius 1 is 1.38 bits per heavy atom. The third kappa shape index (κ3) is 3.53. The quantitative estimate of drug-likeness (QED) is 0.841. The van der Waals surface area contributed by atoms with Gasteiger partial charge in [-0.2, -0.15) is 13.2 Å². The highest BCUT2D eigenvalue weighted by molar-refractivity contribution is 7.96. The number of hydrogen-bond donors (Lipinski definition) is 2. The van der Waals surface area contributed by atoms with Gasteiger partial charge in [0.2, 0.25) is 0 Å². The molecule has 9 heteroatoms. The predicted octanol–water partition coefficient (Wildman–Crippen LogP) is 3.33. The van der Waals surface area contributed by atoms with Crippen molar-refractivity contribution in [1.82, 2.24) is 4.98 Å². The van der Waals surface area contributed by atoms with Crippen LogP contribution in [0.1, 0.15) is 22.9 Å². The molecule has 0 saturated carbocycles. The summed E-state index contributed by atoms with van der Waals surface area (Å²) < 4.78 is 38.3. The molecule has 2 aromatic rings. The number of halogens is 3. The van der Waals surface area contributed by atoms with Crippen LogP contribution in [0.4, 0.5) is 13.2 Å². The van der Waals surface area contributed by atoms with Crippen molar-refractivity contribution in [3.63, 3.8) is 0 Å². The highest BCUT2D eigenvalue weighted by Gasteiger charge is 2.31. The molecule has 0 spiro atoms. The zero-order chi connectivity index (χ0) is 15.8. The Morgan fingerprint density at radius 3 is 2.57 bits per heavy atom. The van der Waals surface area contributed by atoms with Crippen molar-refractivity contribution in [2.75, 3.05) is 0 Å². The van der Waals surface area contributed by atoms with Crippen molar-refractivity contribution < 1.29 is 27.9 Å². The number of carbonyl (C=O) groups excluding carboxylic acids is 1. The second kappa shape index (κ2) is 5.64. The lowest BCUT2D eigenvalue weighted by molar-refractivity contribution is -0.140. The average Bonchev–Trinajstić information content (AvgIpc) is 2.76. The lowest BCUT2D eigenvalue weighted by atomic mass is 10.1. The number of thiazole rings is 1. The molecule has 0 bridgehead atoms. The maximum absolute atomic E-state index is 12.6. The summed E-state index contributed by atoms with van der Waals surface area (Å²) in [7, 11) is 0. The number of rotatable bonds is 4. The summed E-state index contributed by atoms with van der Waals surface area (Å²) in [6, 6.07) is 3.00. The lowest BCUT2D eigenvalue weighted by Gasteiger charge is -2.05. The maximum Gasteiger partial charge on any atom is 0.416 e. The van der Waals surface area contributed by atoms with E-state index in [2.05, 4.69) is 17.6 Å². The highest BCUT2D eigenvalue weighted by Crippen LogP contribution is 2.35. The number of benzene rings is 1. The van der Waals surface area contributed by atoms with E-state index in [0.29, 0.717) is 4.70 Å². The van der Waals surface area contributed by atoms with Crippen LogP contribution < -0.4 is 0 Å². The van der Waals surface area contributed by atoms with Crippen LogP contribution >= 0.6 is 24.0 Å². The molecule has 1 N–H and O–H groups in total. The Bertz CT molecular complexity index is 711. The zero-order valence-electron chi connectivity index (χ0n) is 10.2. The number of thiol groups is 1. The molecule has 0 radical (unpaired) electrons. The third-order valence-electron chi connectivity index (χ3n) is 2.71. The van der Waals surface area contributed by atoms with Gasteiger partial charge < -0.3 is 5.11 Å². The monoisotopic (exact) mass is 335 g/mol. The zero-order valence-corrected chi connectivity index (χ0v) is 11.9. The van der Waals surface area contributed by atoms with Crippen LogP contribution in [0.25, 0.3) is 10.2 Å². The summed E-state index contributed by atoms with van der Waals surface area (Å²) in [5.74, 6) is -2.48. The van der Waals surface area contributed by atoms with E-state index in [1.54, 1.807) is 0 Å². The minimum Gasteiger partial charge on any atom is -0.481 e. The minimum atomic E-state index is -4.49. The largest absolute Gasteiger partial charge is 0.481 e. The second-order valence-corrected chi connectivity index (χ2v) is 5.78. The molecule has 0 aliphatic carbocycles. The number of carboxylic acids is 1. The molecule has 0 saturated heterocycles. The highest BCUT2D eigenvalue weighted by atomic mass is 32.1. The van der Waals surface area contributed by atoms with Crippen LogP contribution in [0.2, 0.25) is 0 Å². The minimum absolute atomic E-state index is 0.0580. The Kier molecular flexibility index (Phi) is 4.24. The van der Waals surface area contributed by atoms with E-state index in [0.717, 1.165) is 23.5 Å². The van der Waals surface area contributed by atoms with Crippen molar-refractivity contribution in [3.8, 4) is 0 Å². The van der Waals surface area contributed by atoms with Crippen molar-refractivity contribution in [2.24, 2.45) is 0 Å². The van der Waals surface area contributed by atoms with Gasteiger partial charge in [-0.15, -0.1) is 24.0 Å². The van der Waals surface area contributed by atoms with Crippen molar-refractivity contribution in [3.05, 3.63) is 28.8 Å². The third-order valence-corrected chi connectivity index (χ3v) is 4.04. The van der Waals surface area contributed by atoms with Gasteiger partial charge in [0.25, 0.3) is 0 Å². The predicted molar refractivity (Wildman–Crippen MR) is 73.6 cm³/mol. The molecule has 0 aliphatic heterocycles. The van der Waals surface area contributed by atoms with Gasteiger partial charge >= 0.3 is 12.1 Å².